The molecule has 0 aliphatic carbocycles. The zero-order valence-corrected chi connectivity index (χ0v) is 13.2. The highest BCUT2D eigenvalue weighted by Crippen LogP contribution is 2.18. The molecule has 116 valence electrons. The van der Waals surface area contributed by atoms with Crippen LogP contribution >= 0.6 is 11.3 Å². The molecule has 1 aromatic heterocycles. The van der Waals surface area contributed by atoms with Crippen molar-refractivity contribution in [2.24, 2.45) is 0 Å². The summed E-state index contributed by atoms with van der Waals surface area (Å²) >= 11 is 1.42. The topological polar surface area (TPSA) is 57.3 Å². The van der Waals surface area contributed by atoms with Crippen LogP contribution in [0.3, 0.4) is 0 Å². The van der Waals surface area contributed by atoms with E-state index in [0.717, 1.165) is 32.5 Å². The highest BCUT2D eigenvalue weighted by molar-refractivity contribution is 7.13. The molecule has 5 nitrogen and oxygen atoms in total. The van der Waals surface area contributed by atoms with E-state index in [1.807, 2.05) is 5.38 Å². The summed E-state index contributed by atoms with van der Waals surface area (Å²) in [6.45, 7) is 3.80. The molecule has 2 amide bonds. The van der Waals surface area contributed by atoms with E-state index in [1.165, 1.54) is 22.5 Å². The number of carbonyl (C=O) groups is 1. The minimum atomic E-state index is -0.182. The lowest BCUT2D eigenvalue weighted by Crippen LogP contribution is -2.34. The van der Waals surface area contributed by atoms with Gasteiger partial charge in [-0.3, -0.25) is 10.2 Å². The summed E-state index contributed by atoms with van der Waals surface area (Å²) in [5.74, 6) is 0. The van der Waals surface area contributed by atoms with Crippen molar-refractivity contribution >= 4 is 22.5 Å². The van der Waals surface area contributed by atoms with Crippen LogP contribution < -0.4 is 10.6 Å². The summed E-state index contributed by atoms with van der Waals surface area (Å²) in [7, 11) is 0. The quantitative estimate of drug-likeness (QED) is 0.834. The van der Waals surface area contributed by atoms with Gasteiger partial charge in [-0.1, -0.05) is 24.3 Å². The van der Waals surface area contributed by atoms with E-state index in [2.05, 4.69) is 44.8 Å². The maximum Gasteiger partial charge on any atom is 0.321 e. The minimum absolute atomic E-state index is 0.182. The Kier molecular flexibility index (Phi) is 5.03. The maximum absolute atomic E-state index is 11.7. The lowest BCUT2D eigenvalue weighted by atomic mass is 10.00. The molecule has 1 aromatic carbocycles. The Morgan fingerprint density at radius 1 is 1.32 bits per heavy atom. The minimum Gasteiger partial charge on any atom is -0.338 e. The molecule has 22 heavy (non-hydrogen) atoms. The van der Waals surface area contributed by atoms with Crippen LogP contribution in [0.15, 0.2) is 35.8 Å². The van der Waals surface area contributed by atoms with Crippen molar-refractivity contribution in [2.75, 3.05) is 25.0 Å². The van der Waals surface area contributed by atoms with Gasteiger partial charge >= 0.3 is 6.03 Å². The molecule has 0 unspecified atom stereocenters. The number of urea groups is 1. The number of amides is 2. The second-order valence-electron chi connectivity index (χ2n) is 5.37. The number of carbonyl (C=O) groups excluding carboxylic acids is 1. The van der Waals surface area contributed by atoms with E-state index in [4.69, 9.17) is 0 Å². The van der Waals surface area contributed by atoms with Gasteiger partial charge in [0.05, 0.1) is 0 Å². The van der Waals surface area contributed by atoms with Crippen molar-refractivity contribution in [2.45, 2.75) is 19.4 Å². The Hall–Kier alpha value is -1.92. The molecule has 0 saturated carbocycles. The Morgan fingerprint density at radius 2 is 2.18 bits per heavy atom. The molecule has 1 aliphatic rings. The Balaban J connectivity index is 1.35. The number of hydrogen-bond acceptors (Lipinski definition) is 4. The van der Waals surface area contributed by atoms with E-state index < -0.39 is 0 Å². The maximum atomic E-state index is 11.7. The second kappa shape index (κ2) is 7.38. The van der Waals surface area contributed by atoms with Gasteiger partial charge in [0.15, 0.2) is 5.13 Å². The molecule has 6 heteroatoms. The van der Waals surface area contributed by atoms with Crippen molar-refractivity contribution in [3.8, 4) is 0 Å². The van der Waals surface area contributed by atoms with Gasteiger partial charge in [-0.15, -0.1) is 11.3 Å². The molecule has 0 saturated heterocycles. The number of benzene rings is 1. The van der Waals surface area contributed by atoms with Gasteiger partial charge in [0, 0.05) is 37.8 Å². The number of hydrogen-bond donors (Lipinski definition) is 2. The van der Waals surface area contributed by atoms with Crippen LogP contribution in [0.5, 0.6) is 0 Å². The third kappa shape index (κ3) is 4.05. The van der Waals surface area contributed by atoms with E-state index in [0.29, 0.717) is 11.7 Å². The fourth-order valence-electron chi connectivity index (χ4n) is 2.68. The second-order valence-corrected chi connectivity index (χ2v) is 6.26. The number of thiazole rings is 1. The highest BCUT2D eigenvalue weighted by Gasteiger charge is 2.14. The van der Waals surface area contributed by atoms with Gasteiger partial charge in [-0.2, -0.15) is 0 Å². The summed E-state index contributed by atoms with van der Waals surface area (Å²) in [5.41, 5.74) is 2.91. The largest absolute Gasteiger partial charge is 0.338 e. The Morgan fingerprint density at radius 3 is 3.00 bits per heavy atom. The molecule has 2 aromatic rings. The van der Waals surface area contributed by atoms with Crippen LogP contribution in [-0.4, -0.2) is 35.5 Å². The lowest BCUT2D eigenvalue weighted by Gasteiger charge is -2.28. The van der Waals surface area contributed by atoms with Crippen molar-refractivity contribution in [1.82, 2.24) is 15.2 Å². The van der Waals surface area contributed by atoms with Crippen molar-refractivity contribution in [3.05, 3.63) is 47.0 Å². The Bertz CT molecular complexity index is 614. The zero-order chi connectivity index (χ0) is 15.2. The number of nitrogens with one attached hydrogen (secondary N) is 2. The van der Waals surface area contributed by atoms with Crippen molar-refractivity contribution in [3.63, 3.8) is 0 Å². The standard InChI is InChI=1S/C16H20N4OS/c21-15(19-16-18-8-11-22-16)17-7-3-9-20-10-6-13-4-1-2-5-14(13)12-20/h1-2,4-5,8,11H,3,6-7,9-10,12H2,(H2,17,18,19,21). The molecule has 2 N–H and O–H groups in total. The van der Waals surface area contributed by atoms with Crippen LogP contribution in [0.1, 0.15) is 17.5 Å². The molecule has 0 fully saturated rings. The fourth-order valence-corrected chi connectivity index (χ4v) is 3.20. The molecular formula is C16H20N4OS. The van der Waals surface area contributed by atoms with Crippen molar-refractivity contribution < 1.29 is 4.79 Å². The van der Waals surface area contributed by atoms with Crippen molar-refractivity contribution in [1.29, 1.82) is 0 Å². The zero-order valence-electron chi connectivity index (χ0n) is 12.4. The third-order valence-corrected chi connectivity index (χ3v) is 4.49. The predicted octanol–water partition coefficient (Wildman–Crippen LogP) is 2.71. The van der Waals surface area contributed by atoms with Crippen LogP contribution in [0, 0.1) is 0 Å². The van der Waals surface area contributed by atoms with E-state index in [9.17, 15) is 4.79 Å². The summed E-state index contributed by atoms with van der Waals surface area (Å²) in [5, 5.41) is 8.05. The lowest BCUT2D eigenvalue weighted by molar-refractivity contribution is 0.242. The molecule has 2 heterocycles. The molecule has 0 spiro atoms. The predicted molar refractivity (Wildman–Crippen MR) is 89.2 cm³/mol. The SMILES string of the molecule is O=C(NCCCN1CCc2ccccc2C1)Nc1nccs1. The first-order valence-electron chi connectivity index (χ1n) is 7.55. The molecule has 0 atom stereocenters. The van der Waals surface area contributed by atoms with Crippen LogP contribution in [0.4, 0.5) is 9.93 Å². The highest BCUT2D eigenvalue weighted by atomic mass is 32.1. The first-order chi connectivity index (χ1) is 10.8. The van der Waals surface area contributed by atoms with E-state index in [1.54, 1.807) is 6.20 Å². The average molecular weight is 316 g/mol. The van der Waals surface area contributed by atoms with E-state index in [-0.39, 0.29) is 6.03 Å². The van der Waals surface area contributed by atoms with Gasteiger partial charge in [0.2, 0.25) is 0 Å². The van der Waals surface area contributed by atoms with Gasteiger partial charge < -0.3 is 5.32 Å². The number of aromatic nitrogens is 1. The van der Waals surface area contributed by atoms with Crippen LogP contribution in [0.25, 0.3) is 0 Å². The van der Waals surface area contributed by atoms with Gasteiger partial charge in [0.1, 0.15) is 0 Å². The fraction of sp³-hybridized carbons (Fsp3) is 0.375. The Labute approximate surface area is 134 Å². The van der Waals surface area contributed by atoms with Gasteiger partial charge in [0.25, 0.3) is 0 Å². The average Bonchev–Trinajstić information content (AvgIpc) is 3.04. The van der Waals surface area contributed by atoms with E-state index >= 15 is 0 Å². The monoisotopic (exact) mass is 316 g/mol. The molecule has 1 aliphatic heterocycles. The molecule has 0 radical (unpaired) electrons. The first kappa shape index (κ1) is 15.0. The number of anilines is 1. The number of fused-ring (bicyclic) bond motifs is 1. The third-order valence-electron chi connectivity index (χ3n) is 3.80. The summed E-state index contributed by atoms with van der Waals surface area (Å²) < 4.78 is 0. The normalized spacial score (nSPS) is 14.4. The van der Waals surface area contributed by atoms with Gasteiger partial charge in [-0.05, 0) is 24.0 Å². The van der Waals surface area contributed by atoms with Crippen LogP contribution in [0.2, 0.25) is 0 Å². The molecule has 0 bridgehead atoms. The summed E-state index contributed by atoms with van der Waals surface area (Å²) in [4.78, 5) is 18.1. The molecule has 3 rings (SSSR count). The van der Waals surface area contributed by atoms with Gasteiger partial charge in [-0.25, -0.2) is 9.78 Å². The number of nitrogens with zero attached hydrogens (tertiary/aromatic N) is 2. The first-order valence-corrected chi connectivity index (χ1v) is 8.43. The molecular weight excluding hydrogens is 296 g/mol. The number of rotatable bonds is 5. The smallest absolute Gasteiger partial charge is 0.321 e. The van der Waals surface area contributed by atoms with Crippen LogP contribution in [-0.2, 0) is 13.0 Å². The summed E-state index contributed by atoms with van der Waals surface area (Å²) in [6.07, 6.45) is 3.75. The summed E-state index contributed by atoms with van der Waals surface area (Å²) in [6, 6.07) is 8.46.